The number of hydrogen-bond acceptors (Lipinski definition) is 6. The van der Waals surface area contributed by atoms with E-state index in [0.29, 0.717) is 23.3 Å². The van der Waals surface area contributed by atoms with Crippen molar-refractivity contribution >= 4 is 22.4 Å². The van der Waals surface area contributed by atoms with Gasteiger partial charge in [0.05, 0.1) is 5.69 Å². The van der Waals surface area contributed by atoms with Crippen molar-refractivity contribution in [3.63, 3.8) is 0 Å². The van der Waals surface area contributed by atoms with Gasteiger partial charge < -0.3 is 9.84 Å². The normalized spacial score (nSPS) is 10.9. The molecule has 0 aliphatic rings. The second-order valence-corrected chi connectivity index (χ2v) is 7.04. The highest BCUT2D eigenvalue weighted by molar-refractivity contribution is 7.16. The lowest BCUT2D eigenvalue weighted by atomic mass is 10.1. The van der Waals surface area contributed by atoms with Gasteiger partial charge in [-0.15, -0.1) is 11.3 Å². The molecule has 0 radical (unpaired) electrons. The SMILES string of the molecule is CCCc1noc(CCC(=O)Nc2nc(-c3ccc(F)cc3)c(C)s2)n1. The fourth-order valence-electron chi connectivity index (χ4n) is 2.44. The Kier molecular flexibility index (Phi) is 5.72. The summed E-state index contributed by atoms with van der Waals surface area (Å²) >= 11 is 1.39. The monoisotopic (exact) mass is 374 g/mol. The minimum atomic E-state index is -0.293. The van der Waals surface area contributed by atoms with Gasteiger partial charge in [-0.25, -0.2) is 9.37 Å². The van der Waals surface area contributed by atoms with Gasteiger partial charge >= 0.3 is 0 Å². The molecule has 0 bridgehead atoms. The largest absolute Gasteiger partial charge is 0.339 e. The maximum atomic E-state index is 13.1. The summed E-state index contributed by atoms with van der Waals surface area (Å²) in [4.78, 5) is 21.8. The lowest BCUT2D eigenvalue weighted by Gasteiger charge is -2.00. The zero-order valence-electron chi connectivity index (χ0n) is 14.6. The maximum absolute atomic E-state index is 13.1. The van der Waals surface area contributed by atoms with Gasteiger partial charge in [-0.1, -0.05) is 12.1 Å². The fraction of sp³-hybridized carbons (Fsp3) is 0.333. The lowest BCUT2D eigenvalue weighted by molar-refractivity contribution is -0.116. The molecule has 2 aromatic heterocycles. The average Bonchev–Trinajstić information content (AvgIpc) is 3.21. The summed E-state index contributed by atoms with van der Waals surface area (Å²) < 4.78 is 18.2. The zero-order valence-corrected chi connectivity index (χ0v) is 15.4. The number of anilines is 1. The van der Waals surface area contributed by atoms with Gasteiger partial charge in [0.2, 0.25) is 11.8 Å². The van der Waals surface area contributed by atoms with Gasteiger partial charge in [-0.3, -0.25) is 4.79 Å². The summed E-state index contributed by atoms with van der Waals surface area (Å²) in [6.45, 7) is 3.96. The smallest absolute Gasteiger partial charge is 0.227 e. The van der Waals surface area contributed by atoms with Crippen molar-refractivity contribution in [1.29, 1.82) is 0 Å². The van der Waals surface area contributed by atoms with Gasteiger partial charge in [-0.05, 0) is 37.6 Å². The summed E-state index contributed by atoms with van der Waals surface area (Å²) in [6, 6.07) is 6.13. The highest BCUT2D eigenvalue weighted by Crippen LogP contribution is 2.30. The maximum Gasteiger partial charge on any atom is 0.227 e. The highest BCUT2D eigenvalue weighted by Gasteiger charge is 2.13. The number of hydrogen-bond donors (Lipinski definition) is 1. The molecule has 0 spiro atoms. The van der Waals surface area contributed by atoms with E-state index >= 15 is 0 Å². The number of benzene rings is 1. The Labute approximate surface area is 154 Å². The Hall–Kier alpha value is -2.61. The summed E-state index contributed by atoms with van der Waals surface area (Å²) in [5.74, 6) is 0.672. The minimum absolute atomic E-state index is 0.167. The van der Waals surface area contributed by atoms with Crippen LogP contribution in [0.3, 0.4) is 0 Å². The second-order valence-electron chi connectivity index (χ2n) is 5.83. The third kappa shape index (κ3) is 4.51. The third-order valence-electron chi connectivity index (χ3n) is 3.71. The Balaban J connectivity index is 1.59. The van der Waals surface area contributed by atoms with Gasteiger partial charge in [0.25, 0.3) is 0 Å². The first-order valence-corrected chi connectivity index (χ1v) is 9.21. The summed E-state index contributed by atoms with van der Waals surface area (Å²) in [6.07, 6.45) is 2.33. The van der Waals surface area contributed by atoms with Crippen molar-refractivity contribution in [2.24, 2.45) is 0 Å². The predicted octanol–water partition coefficient (Wildman–Crippen LogP) is 4.16. The molecular formula is C18H19FN4O2S. The lowest BCUT2D eigenvalue weighted by Crippen LogP contribution is -2.12. The average molecular weight is 374 g/mol. The van der Waals surface area contributed by atoms with E-state index in [4.69, 9.17) is 4.52 Å². The van der Waals surface area contributed by atoms with Crippen LogP contribution in [-0.2, 0) is 17.6 Å². The molecule has 1 amide bonds. The molecular weight excluding hydrogens is 355 g/mol. The van der Waals surface area contributed by atoms with Crippen LogP contribution in [0.4, 0.5) is 9.52 Å². The van der Waals surface area contributed by atoms with E-state index in [-0.39, 0.29) is 18.1 Å². The van der Waals surface area contributed by atoms with Crippen LogP contribution < -0.4 is 5.32 Å². The quantitative estimate of drug-likeness (QED) is 0.671. The number of carbonyl (C=O) groups is 1. The van der Waals surface area contributed by atoms with E-state index in [1.165, 1.54) is 23.5 Å². The molecule has 3 rings (SSSR count). The van der Waals surface area contributed by atoms with E-state index < -0.39 is 0 Å². The molecule has 26 heavy (non-hydrogen) atoms. The molecule has 0 aliphatic heterocycles. The van der Waals surface area contributed by atoms with Crippen LogP contribution in [0.25, 0.3) is 11.3 Å². The summed E-state index contributed by atoms with van der Waals surface area (Å²) in [5, 5.41) is 7.18. The number of aryl methyl sites for hydroxylation is 3. The number of amides is 1. The van der Waals surface area contributed by atoms with Crippen LogP contribution in [0, 0.1) is 12.7 Å². The summed E-state index contributed by atoms with van der Waals surface area (Å²) in [5.41, 5.74) is 1.56. The summed E-state index contributed by atoms with van der Waals surface area (Å²) in [7, 11) is 0. The molecule has 0 fully saturated rings. The van der Waals surface area contributed by atoms with Crippen LogP contribution in [0.5, 0.6) is 0 Å². The first-order chi connectivity index (χ1) is 12.5. The van der Waals surface area contributed by atoms with Crippen LogP contribution in [-0.4, -0.2) is 21.0 Å². The van der Waals surface area contributed by atoms with Crippen LogP contribution in [0.15, 0.2) is 28.8 Å². The van der Waals surface area contributed by atoms with Crippen LogP contribution in [0.1, 0.15) is 36.4 Å². The Morgan fingerprint density at radius 1 is 1.23 bits per heavy atom. The van der Waals surface area contributed by atoms with Crippen molar-refractivity contribution in [2.75, 3.05) is 5.32 Å². The van der Waals surface area contributed by atoms with Gasteiger partial charge in [0.1, 0.15) is 5.82 Å². The molecule has 8 heteroatoms. The fourth-order valence-corrected chi connectivity index (χ4v) is 3.30. The molecule has 136 valence electrons. The molecule has 1 N–H and O–H groups in total. The second kappa shape index (κ2) is 8.18. The van der Waals surface area contributed by atoms with Crippen molar-refractivity contribution in [3.8, 4) is 11.3 Å². The van der Waals surface area contributed by atoms with Gasteiger partial charge in [-0.2, -0.15) is 4.98 Å². The molecule has 3 aromatic rings. The molecule has 0 saturated carbocycles. The number of carbonyl (C=O) groups excluding carboxylic acids is 1. The van der Waals surface area contributed by atoms with Crippen LogP contribution >= 0.6 is 11.3 Å². The number of thiazole rings is 1. The van der Waals surface area contributed by atoms with Crippen molar-refractivity contribution in [2.45, 2.75) is 39.5 Å². The number of nitrogens with zero attached hydrogens (tertiary/aromatic N) is 3. The van der Waals surface area contributed by atoms with E-state index in [1.807, 2.05) is 13.8 Å². The first kappa shape index (κ1) is 18.2. The Bertz CT molecular complexity index is 889. The number of aromatic nitrogens is 3. The first-order valence-electron chi connectivity index (χ1n) is 8.40. The number of halogens is 1. The Morgan fingerprint density at radius 3 is 2.73 bits per heavy atom. The van der Waals surface area contributed by atoms with Crippen molar-refractivity contribution in [3.05, 3.63) is 46.7 Å². The molecule has 1 aromatic carbocycles. The van der Waals surface area contributed by atoms with E-state index in [0.717, 1.165) is 29.0 Å². The zero-order chi connectivity index (χ0) is 18.5. The minimum Gasteiger partial charge on any atom is -0.339 e. The van der Waals surface area contributed by atoms with Gasteiger partial charge in [0.15, 0.2) is 11.0 Å². The highest BCUT2D eigenvalue weighted by atomic mass is 32.1. The molecule has 2 heterocycles. The van der Waals surface area contributed by atoms with Crippen molar-refractivity contribution in [1.82, 2.24) is 15.1 Å². The topological polar surface area (TPSA) is 80.9 Å². The third-order valence-corrected chi connectivity index (χ3v) is 4.60. The van der Waals surface area contributed by atoms with E-state index in [2.05, 4.69) is 20.4 Å². The standard InChI is InChI=1S/C18H19FN4O2S/c1-3-4-14-20-16(25-23-14)10-9-15(24)21-18-22-17(11(2)26-18)12-5-7-13(19)8-6-12/h5-8H,3-4,9-10H2,1-2H3,(H,21,22,24). The van der Waals surface area contributed by atoms with Gasteiger partial charge in [0, 0.05) is 29.7 Å². The number of nitrogens with one attached hydrogen (secondary N) is 1. The number of rotatable bonds is 7. The molecule has 0 saturated heterocycles. The Morgan fingerprint density at radius 2 is 2.00 bits per heavy atom. The molecule has 0 unspecified atom stereocenters. The van der Waals surface area contributed by atoms with E-state index in [1.54, 1.807) is 12.1 Å². The molecule has 6 nitrogen and oxygen atoms in total. The van der Waals surface area contributed by atoms with Crippen LogP contribution in [0.2, 0.25) is 0 Å². The predicted molar refractivity (Wildman–Crippen MR) is 97.5 cm³/mol. The molecule has 0 aliphatic carbocycles. The van der Waals surface area contributed by atoms with Crippen molar-refractivity contribution < 1.29 is 13.7 Å². The molecule has 0 atom stereocenters. The van der Waals surface area contributed by atoms with E-state index in [9.17, 15) is 9.18 Å².